The summed E-state index contributed by atoms with van der Waals surface area (Å²) in [5, 5.41) is 2.84. The lowest BCUT2D eigenvalue weighted by Crippen LogP contribution is -2.37. The van der Waals surface area contributed by atoms with Crippen molar-refractivity contribution in [3.8, 4) is 0 Å². The third-order valence-corrected chi connectivity index (χ3v) is 3.16. The van der Waals surface area contributed by atoms with Gasteiger partial charge in [0.15, 0.2) is 23.2 Å². The van der Waals surface area contributed by atoms with Gasteiger partial charge in [-0.25, -0.2) is 13.2 Å². The number of rotatable bonds is 5. The first-order chi connectivity index (χ1) is 8.52. The molecular formula is C13H14F3NO. The summed E-state index contributed by atoms with van der Waals surface area (Å²) in [5.41, 5.74) is 0.278. The van der Waals surface area contributed by atoms with E-state index in [1.54, 1.807) is 7.05 Å². The molecule has 1 saturated carbocycles. The summed E-state index contributed by atoms with van der Waals surface area (Å²) in [6, 6.07) is 1.40. The lowest BCUT2D eigenvalue weighted by molar-refractivity contribution is -0.122. The highest BCUT2D eigenvalue weighted by Crippen LogP contribution is 2.31. The van der Waals surface area contributed by atoms with Gasteiger partial charge in [-0.15, -0.1) is 0 Å². The summed E-state index contributed by atoms with van der Waals surface area (Å²) in [6.07, 6.45) is 1.92. The van der Waals surface area contributed by atoms with Gasteiger partial charge in [-0.1, -0.05) is 0 Å². The fourth-order valence-electron chi connectivity index (χ4n) is 1.96. The van der Waals surface area contributed by atoms with Crippen LogP contribution in [0.1, 0.15) is 18.4 Å². The molecule has 98 valence electrons. The molecule has 0 spiro atoms. The normalized spacial score (nSPS) is 16.7. The van der Waals surface area contributed by atoms with E-state index in [0.717, 1.165) is 25.0 Å². The molecule has 0 amide bonds. The molecule has 18 heavy (non-hydrogen) atoms. The Kier molecular flexibility index (Phi) is 3.71. The van der Waals surface area contributed by atoms with Crippen LogP contribution in [0.25, 0.3) is 0 Å². The first-order valence-electron chi connectivity index (χ1n) is 5.87. The number of ketones is 1. The number of carbonyl (C=O) groups excluding carboxylic acids is 1. The molecular weight excluding hydrogens is 243 g/mol. The molecule has 0 aromatic heterocycles. The van der Waals surface area contributed by atoms with Crippen LogP contribution in [0.2, 0.25) is 0 Å². The van der Waals surface area contributed by atoms with Gasteiger partial charge in [-0.2, -0.15) is 0 Å². The number of benzene rings is 1. The van der Waals surface area contributed by atoms with Crippen LogP contribution in [-0.4, -0.2) is 18.9 Å². The van der Waals surface area contributed by atoms with Gasteiger partial charge in [0.2, 0.25) is 0 Å². The van der Waals surface area contributed by atoms with E-state index in [-0.39, 0.29) is 23.7 Å². The molecule has 1 N–H and O–H groups in total. The molecule has 5 heteroatoms. The number of Topliss-reactive ketones (excluding diaryl/α,β-unsaturated/α-hetero) is 1. The number of hydrogen-bond acceptors (Lipinski definition) is 2. The zero-order valence-corrected chi connectivity index (χ0v) is 9.97. The highest BCUT2D eigenvalue weighted by atomic mass is 19.2. The maximum Gasteiger partial charge on any atom is 0.194 e. The first kappa shape index (κ1) is 13.1. The summed E-state index contributed by atoms with van der Waals surface area (Å²) in [6.45, 7) is 0. The van der Waals surface area contributed by atoms with Crippen molar-refractivity contribution in [2.45, 2.75) is 25.3 Å². The molecule has 0 bridgehead atoms. The molecule has 0 saturated heterocycles. The van der Waals surface area contributed by atoms with E-state index in [4.69, 9.17) is 0 Å². The Morgan fingerprint density at radius 1 is 1.33 bits per heavy atom. The molecule has 1 aliphatic rings. The zero-order valence-electron chi connectivity index (χ0n) is 9.97. The molecule has 1 fully saturated rings. The van der Waals surface area contributed by atoms with Gasteiger partial charge in [-0.3, -0.25) is 4.79 Å². The van der Waals surface area contributed by atoms with Crippen molar-refractivity contribution < 1.29 is 18.0 Å². The Hall–Kier alpha value is -1.36. The Bertz CT molecular complexity index is 448. The number of hydrogen-bond donors (Lipinski definition) is 1. The molecule has 1 aromatic rings. The predicted molar refractivity (Wildman–Crippen MR) is 60.6 cm³/mol. The van der Waals surface area contributed by atoms with Crippen molar-refractivity contribution in [1.29, 1.82) is 0 Å². The van der Waals surface area contributed by atoms with E-state index in [9.17, 15) is 18.0 Å². The third-order valence-electron chi connectivity index (χ3n) is 3.16. The van der Waals surface area contributed by atoms with E-state index in [0.29, 0.717) is 0 Å². The molecule has 0 radical (unpaired) electrons. The van der Waals surface area contributed by atoms with Crippen LogP contribution in [0.15, 0.2) is 12.1 Å². The van der Waals surface area contributed by atoms with E-state index < -0.39 is 23.5 Å². The highest BCUT2D eigenvalue weighted by molar-refractivity contribution is 5.88. The van der Waals surface area contributed by atoms with Gasteiger partial charge in [0.1, 0.15) is 0 Å². The minimum Gasteiger partial charge on any atom is -0.310 e. The van der Waals surface area contributed by atoms with Crippen molar-refractivity contribution in [2.24, 2.45) is 5.92 Å². The summed E-state index contributed by atoms with van der Waals surface area (Å²) in [5.74, 6) is -3.80. The number of carbonyl (C=O) groups is 1. The fourth-order valence-corrected chi connectivity index (χ4v) is 1.96. The summed E-state index contributed by atoms with van der Waals surface area (Å²) < 4.78 is 38.9. The molecule has 2 nitrogen and oxygen atoms in total. The second-order valence-corrected chi connectivity index (χ2v) is 4.60. The quantitative estimate of drug-likeness (QED) is 0.819. The van der Waals surface area contributed by atoms with Gasteiger partial charge >= 0.3 is 0 Å². The van der Waals surface area contributed by atoms with Crippen LogP contribution in [0.5, 0.6) is 0 Å². The second-order valence-electron chi connectivity index (χ2n) is 4.60. The standard InChI is InChI=1S/C13H14F3NO/c1-17-11(13(18)8-2-3-8)6-7-4-9(14)12(16)10(15)5-7/h4-5,8,11,17H,2-3,6H2,1H3. The van der Waals surface area contributed by atoms with Crippen molar-refractivity contribution in [1.82, 2.24) is 5.32 Å². The van der Waals surface area contributed by atoms with Crippen molar-refractivity contribution in [2.75, 3.05) is 7.05 Å². The smallest absolute Gasteiger partial charge is 0.194 e. The van der Waals surface area contributed by atoms with Crippen LogP contribution < -0.4 is 5.32 Å². The lowest BCUT2D eigenvalue weighted by Gasteiger charge is -2.15. The van der Waals surface area contributed by atoms with E-state index >= 15 is 0 Å². The minimum atomic E-state index is -1.48. The predicted octanol–water partition coefficient (Wildman–Crippen LogP) is 2.21. The maximum absolute atomic E-state index is 13.0. The van der Waals surface area contributed by atoms with Crippen LogP contribution >= 0.6 is 0 Å². The average Bonchev–Trinajstić information content (AvgIpc) is 3.16. The van der Waals surface area contributed by atoms with Gasteiger partial charge in [0, 0.05) is 5.92 Å². The van der Waals surface area contributed by atoms with Crippen molar-refractivity contribution in [3.63, 3.8) is 0 Å². The second kappa shape index (κ2) is 5.10. The SMILES string of the molecule is CNC(Cc1cc(F)c(F)c(F)c1)C(=O)C1CC1. The van der Waals surface area contributed by atoms with E-state index in [1.165, 1.54) is 0 Å². The maximum atomic E-state index is 13.0. The number of likely N-dealkylation sites (N-methyl/N-ethyl adjacent to an activating group) is 1. The molecule has 1 atom stereocenters. The Morgan fingerprint density at radius 2 is 1.89 bits per heavy atom. The Morgan fingerprint density at radius 3 is 2.33 bits per heavy atom. The topological polar surface area (TPSA) is 29.1 Å². The lowest BCUT2D eigenvalue weighted by atomic mass is 9.99. The molecule has 0 heterocycles. The number of nitrogens with one attached hydrogen (secondary N) is 1. The molecule has 1 aromatic carbocycles. The van der Waals surface area contributed by atoms with Gasteiger partial charge in [0.25, 0.3) is 0 Å². The largest absolute Gasteiger partial charge is 0.310 e. The molecule has 2 rings (SSSR count). The van der Waals surface area contributed by atoms with Crippen molar-refractivity contribution in [3.05, 3.63) is 35.1 Å². The first-order valence-corrected chi connectivity index (χ1v) is 5.87. The van der Waals surface area contributed by atoms with Crippen LogP contribution in [0.4, 0.5) is 13.2 Å². The highest BCUT2D eigenvalue weighted by Gasteiger charge is 2.34. The summed E-state index contributed by atoms with van der Waals surface area (Å²) >= 11 is 0. The third kappa shape index (κ3) is 2.72. The van der Waals surface area contributed by atoms with E-state index in [2.05, 4.69) is 5.32 Å². The Balaban J connectivity index is 2.14. The summed E-state index contributed by atoms with van der Waals surface area (Å²) in [4.78, 5) is 11.9. The fraction of sp³-hybridized carbons (Fsp3) is 0.462. The van der Waals surface area contributed by atoms with E-state index in [1.807, 2.05) is 0 Å². The van der Waals surface area contributed by atoms with Gasteiger partial charge in [-0.05, 0) is 44.0 Å². The van der Waals surface area contributed by atoms with Crippen LogP contribution in [0, 0.1) is 23.4 Å². The van der Waals surface area contributed by atoms with Crippen molar-refractivity contribution >= 4 is 5.78 Å². The van der Waals surface area contributed by atoms with Gasteiger partial charge in [0.05, 0.1) is 6.04 Å². The molecule has 1 aliphatic carbocycles. The monoisotopic (exact) mass is 257 g/mol. The molecule has 1 unspecified atom stereocenters. The Labute approximate surface area is 103 Å². The van der Waals surface area contributed by atoms with Crippen LogP contribution in [-0.2, 0) is 11.2 Å². The van der Waals surface area contributed by atoms with Gasteiger partial charge < -0.3 is 5.32 Å². The number of halogens is 3. The average molecular weight is 257 g/mol. The summed E-state index contributed by atoms with van der Waals surface area (Å²) in [7, 11) is 1.63. The zero-order chi connectivity index (χ0) is 13.3. The van der Waals surface area contributed by atoms with Crippen LogP contribution in [0.3, 0.4) is 0 Å². The molecule has 0 aliphatic heterocycles. The minimum absolute atomic E-state index is 0.0580.